The van der Waals surface area contributed by atoms with Gasteiger partial charge in [-0.2, -0.15) is 0 Å². The van der Waals surface area contributed by atoms with Crippen LogP contribution in [0.25, 0.3) is 0 Å². The normalized spacial score (nSPS) is 41.5. The lowest BCUT2D eigenvalue weighted by atomic mass is 9.76. The Bertz CT molecular complexity index is 1050. The maximum atomic E-state index is 16.2. The first-order chi connectivity index (χ1) is 19.7. The third-order valence-corrected chi connectivity index (χ3v) is 10.4. The molecule has 228 valence electrons. The van der Waals surface area contributed by atoms with E-state index < -0.39 is 12.3 Å². The number of carbonyl (C=O) groups excluding carboxylic acids is 2. The van der Waals surface area contributed by atoms with Crippen LogP contribution in [-0.2, 0) is 4.79 Å². The minimum Gasteiger partial charge on any atom is -0.331 e. The number of alkyl halides is 1. The van der Waals surface area contributed by atoms with Crippen molar-refractivity contribution < 1.29 is 14.0 Å². The molecule has 6 rings (SSSR count). The first kappa shape index (κ1) is 28.7. The summed E-state index contributed by atoms with van der Waals surface area (Å²) in [5.41, 5.74) is 7.28. The minimum absolute atomic E-state index is 0.00873. The monoisotopic (exact) mass is 573 g/mol. The quantitative estimate of drug-likeness (QED) is 0.323. The van der Waals surface area contributed by atoms with Gasteiger partial charge in [0.05, 0.1) is 24.1 Å². The Kier molecular flexibility index (Phi) is 7.94. The van der Waals surface area contributed by atoms with Crippen LogP contribution < -0.4 is 26.9 Å². The van der Waals surface area contributed by atoms with Gasteiger partial charge in [-0.3, -0.25) is 20.0 Å². The third-order valence-electron chi connectivity index (χ3n) is 10.4. The van der Waals surface area contributed by atoms with E-state index in [1.54, 1.807) is 0 Å². The number of nitrogens with one attached hydrogen (secondary N) is 5. The number of fused-ring (bicyclic) bond motifs is 5. The Morgan fingerprint density at radius 2 is 1.90 bits per heavy atom. The fraction of sp³-hybridized carbons (Fsp3) is 0.793. The first-order valence-electron chi connectivity index (χ1n) is 15.6. The van der Waals surface area contributed by atoms with Crippen molar-refractivity contribution in [1.82, 2.24) is 46.6 Å². The molecule has 0 aliphatic carbocycles. The van der Waals surface area contributed by atoms with Crippen molar-refractivity contribution in [3.63, 3.8) is 0 Å². The van der Waals surface area contributed by atoms with Gasteiger partial charge in [0.25, 0.3) is 0 Å². The molecule has 6 aliphatic heterocycles. The fourth-order valence-electron chi connectivity index (χ4n) is 8.67. The van der Waals surface area contributed by atoms with Crippen molar-refractivity contribution in [3.8, 4) is 0 Å². The maximum Gasteiger partial charge on any atom is 0.320 e. The average Bonchev–Trinajstić information content (AvgIpc) is 3.39. The molecule has 0 aromatic carbocycles. The number of hydrogen-bond acceptors (Lipinski definition) is 8. The zero-order chi connectivity index (χ0) is 29.0. The first-order valence-corrected chi connectivity index (χ1v) is 15.6. The van der Waals surface area contributed by atoms with E-state index in [0.29, 0.717) is 31.3 Å². The van der Waals surface area contributed by atoms with Crippen molar-refractivity contribution in [3.05, 3.63) is 24.6 Å². The van der Waals surface area contributed by atoms with E-state index in [9.17, 15) is 9.59 Å². The van der Waals surface area contributed by atoms with Crippen molar-refractivity contribution >= 4 is 11.9 Å². The topological polar surface area (TPSA) is 107 Å². The molecule has 0 saturated carbocycles. The summed E-state index contributed by atoms with van der Waals surface area (Å²) in [6.07, 6.45) is 5.08. The molecule has 11 nitrogen and oxygen atoms in total. The van der Waals surface area contributed by atoms with E-state index in [0.717, 1.165) is 37.9 Å². The predicted molar refractivity (Wildman–Crippen MR) is 154 cm³/mol. The molecular formula is C29H48FN9O2. The number of hydrazine groups is 2. The number of urea groups is 1. The smallest absolute Gasteiger partial charge is 0.320 e. The van der Waals surface area contributed by atoms with Crippen LogP contribution >= 0.6 is 0 Å². The highest BCUT2D eigenvalue weighted by atomic mass is 19.1. The third kappa shape index (κ3) is 5.00. The Morgan fingerprint density at radius 3 is 2.61 bits per heavy atom. The summed E-state index contributed by atoms with van der Waals surface area (Å²) in [6.45, 7) is 14.4. The lowest BCUT2D eigenvalue weighted by Gasteiger charge is -2.59. The summed E-state index contributed by atoms with van der Waals surface area (Å²) < 4.78 is 16.2. The lowest BCUT2D eigenvalue weighted by molar-refractivity contribution is -0.138. The number of hydrogen-bond donors (Lipinski definition) is 5. The van der Waals surface area contributed by atoms with Gasteiger partial charge < -0.3 is 25.9 Å². The summed E-state index contributed by atoms with van der Waals surface area (Å²) in [5.74, 6) is 0.459. The summed E-state index contributed by atoms with van der Waals surface area (Å²) in [6, 6.07) is -0.0248. The highest BCUT2D eigenvalue weighted by Crippen LogP contribution is 2.41. The van der Waals surface area contributed by atoms with Gasteiger partial charge in [0.1, 0.15) is 12.3 Å². The zero-order valence-electron chi connectivity index (χ0n) is 24.9. The van der Waals surface area contributed by atoms with Gasteiger partial charge in [0.2, 0.25) is 5.91 Å². The largest absolute Gasteiger partial charge is 0.331 e. The second-order valence-corrected chi connectivity index (χ2v) is 13.3. The Morgan fingerprint density at radius 1 is 1.15 bits per heavy atom. The number of nitrogens with zero attached hydrogens (tertiary/aromatic N) is 4. The van der Waals surface area contributed by atoms with E-state index in [1.165, 1.54) is 6.08 Å². The molecule has 6 aliphatic rings. The van der Waals surface area contributed by atoms with Gasteiger partial charge in [-0.05, 0) is 70.4 Å². The molecule has 5 saturated heterocycles. The fourth-order valence-corrected chi connectivity index (χ4v) is 8.67. The summed E-state index contributed by atoms with van der Waals surface area (Å²) in [5, 5.41) is 12.7. The van der Waals surface area contributed by atoms with Gasteiger partial charge in [0.15, 0.2) is 0 Å². The van der Waals surface area contributed by atoms with Crippen LogP contribution in [0, 0.1) is 17.8 Å². The predicted octanol–water partition coefficient (Wildman–Crippen LogP) is 1.40. The number of amides is 3. The van der Waals surface area contributed by atoms with E-state index >= 15 is 4.39 Å². The number of piperazine rings is 1. The van der Waals surface area contributed by atoms with Gasteiger partial charge >= 0.3 is 6.03 Å². The molecule has 5 fully saturated rings. The van der Waals surface area contributed by atoms with Crippen LogP contribution in [-0.4, -0.2) is 100 Å². The molecule has 6 heterocycles. The molecule has 3 amide bonds. The van der Waals surface area contributed by atoms with E-state index in [2.05, 4.69) is 57.1 Å². The standard InChI is InChI=1S/C29H48FN9O2/c1-6-23(40)37-17(4)14-36(15-18(37)5)26-21-12-22(30)28-33-27(21)38(29(41)34-26)25-19(10-11-31-24(25)16(2)3)8-7-9-20-13-32-35-39(20)28/h6,13,16-19,21-22,24-28,31-33,35H,1,7-12,14-15H2,2-5H3,(H,34,41). The molecule has 5 N–H and O–H groups in total. The Balaban J connectivity index is 1.37. The minimum atomic E-state index is -1.15. The zero-order valence-corrected chi connectivity index (χ0v) is 24.9. The summed E-state index contributed by atoms with van der Waals surface area (Å²) >= 11 is 0. The number of carbonyl (C=O) groups is 2. The Labute approximate surface area is 243 Å². The lowest BCUT2D eigenvalue weighted by Crippen LogP contribution is -2.80. The molecule has 2 bridgehead atoms. The van der Waals surface area contributed by atoms with Crippen molar-refractivity contribution in [1.29, 1.82) is 0 Å². The Hall–Kier alpha value is -2.41. The molecule has 10 atom stereocenters. The van der Waals surface area contributed by atoms with E-state index in [-0.39, 0.29) is 54.4 Å². The number of halogens is 1. The molecule has 0 radical (unpaired) electrons. The SMILES string of the molecule is C=CC(=O)N1C(C)CN(C2NC(=O)N3C4NC(C(F)CC24)N2NNC=C2CCCC2CCNC(C(C)C)C23)CC1C. The number of rotatable bonds is 3. The van der Waals surface area contributed by atoms with Gasteiger partial charge in [-0.25, -0.2) is 9.18 Å². The van der Waals surface area contributed by atoms with Gasteiger partial charge in [0, 0.05) is 43.3 Å². The average molecular weight is 574 g/mol. The van der Waals surface area contributed by atoms with Crippen LogP contribution in [0.4, 0.5) is 9.18 Å². The number of piperidine rings is 2. The molecule has 10 unspecified atom stereocenters. The molecule has 0 spiro atoms. The second-order valence-electron chi connectivity index (χ2n) is 13.3. The number of allylic oxidation sites excluding steroid dienone is 1. The molecule has 0 aromatic rings. The van der Waals surface area contributed by atoms with Crippen LogP contribution in [0.2, 0.25) is 0 Å². The van der Waals surface area contributed by atoms with E-state index in [1.807, 2.05) is 30.0 Å². The van der Waals surface area contributed by atoms with Gasteiger partial charge in [-0.1, -0.05) is 20.4 Å². The highest BCUT2D eigenvalue weighted by molar-refractivity contribution is 5.87. The van der Waals surface area contributed by atoms with Crippen LogP contribution in [0.1, 0.15) is 59.8 Å². The van der Waals surface area contributed by atoms with Crippen molar-refractivity contribution in [2.75, 3.05) is 19.6 Å². The highest BCUT2D eigenvalue weighted by Gasteiger charge is 2.56. The second kappa shape index (κ2) is 11.3. The van der Waals surface area contributed by atoms with Crippen LogP contribution in [0.3, 0.4) is 0 Å². The maximum absolute atomic E-state index is 16.2. The van der Waals surface area contributed by atoms with Crippen molar-refractivity contribution in [2.45, 2.75) is 109 Å². The molecular weight excluding hydrogens is 525 g/mol. The van der Waals surface area contributed by atoms with E-state index in [4.69, 9.17) is 0 Å². The summed E-state index contributed by atoms with van der Waals surface area (Å²) in [7, 11) is 0. The molecule has 12 heteroatoms. The van der Waals surface area contributed by atoms with Crippen molar-refractivity contribution in [2.24, 2.45) is 17.8 Å². The van der Waals surface area contributed by atoms with Gasteiger partial charge in [-0.15, -0.1) is 5.53 Å². The molecule has 0 aromatic heterocycles. The molecule has 41 heavy (non-hydrogen) atoms. The van der Waals surface area contributed by atoms with Crippen LogP contribution in [0.5, 0.6) is 0 Å². The van der Waals surface area contributed by atoms with Crippen LogP contribution in [0.15, 0.2) is 24.6 Å². The summed E-state index contributed by atoms with van der Waals surface area (Å²) in [4.78, 5) is 33.1.